The summed E-state index contributed by atoms with van der Waals surface area (Å²) in [6.45, 7) is 1.57. The van der Waals surface area contributed by atoms with Crippen molar-refractivity contribution < 1.29 is 19.1 Å². The van der Waals surface area contributed by atoms with Crippen LogP contribution in [-0.4, -0.2) is 22.4 Å². The number of esters is 1. The maximum atomic E-state index is 12.7. The summed E-state index contributed by atoms with van der Waals surface area (Å²) in [6.07, 6.45) is 3.88. The standard InChI is InChI=1S/C27H23N3O4/c1-19(31)34-25-9-5-7-22(17-25)26(32)28-18-20-6-4-8-23(16-20)29-27(33)21-10-12-24(13-11-21)30-14-2-3-15-30/h2-17H,18H2,1H3,(H,28,32)(H,29,33). The number of benzene rings is 3. The second-order valence-corrected chi connectivity index (χ2v) is 7.60. The van der Waals surface area contributed by atoms with Gasteiger partial charge in [0.25, 0.3) is 11.8 Å². The number of rotatable bonds is 7. The number of ether oxygens (including phenoxy) is 1. The lowest BCUT2D eigenvalue weighted by atomic mass is 10.1. The van der Waals surface area contributed by atoms with Gasteiger partial charge in [0.1, 0.15) is 5.75 Å². The molecule has 2 amide bonds. The van der Waals surface area contributed by atoms with E-state index in [1.54, 1.807) is 36.4 Å². The van der Waals surface area contributed by atoms with Gasteiger partial charge in [-0.2, -0.15) is 0 Å². The second-order valence-electron chi connectivity index (χ2n) is 7.60. The van der Waals surface area contributed by atoms with E-state index in [2.05, 4.69) is 10.6 Å². The molecule has 0 fully saturated rings. The molecule has 7 heteroatoms. The number of nitrogens with zero attached hydrogens (tertiary/aromatic N) is 1. The fraction of sp³-hybridized carbons (Fsp3) is 0.0741. The van der Waals surface area contributed by atoms with E-state index in [1.165, 1.54) is 13.0 Å². The average molecular weight is 453 g/mol. The van der Waals surface area contributed by atoms with Crippen LogP contribution in [0.25, 0.3) is 5.69 Å². The molecule has 34 heavy (non-hydrogen) atoms. The zero-order valence-corrected chi connectivity index (χ0v) is 18.5. The Hall–Kier alpha value is -4.65. The van der Waals surface area contributed by atoms with Crippen molar-refractivity contribution in [1.29, 1.82) is 0 Å². The van der Waals surface area contributed by atoms with Crippen LogP contribution >= 0.6 is 0 Å². The summed E-state index contributed by atoms with van der Waals surface area (Å²) in [5, 5.41) is 5.72. The molecule has 1 heterocycles. The van der Waals surface area contributed by atoms with Crippen molar-refractivity contribution in [2.45, 2.75) is 13.5 Å². The lowest BCUT2D eigenvalue weighted by Gasteiger charge is -2.10. The van der Waals surface area contributed by atoms with E-state index in [-0.39, 0.29) is 18.4 Å². The lowest BCUT2D eigenvalue weighted by Crippen LogP contribution is -2.23. The molecule has 0 bridgehead atoms. The highest BCUT2D eigenvalue weighted by Gasteiger charge is 2.10. The number of hydrogen-bond acceptors (Lipinski definition) is 4. The molecule has 0 aliphatic heterocycles. The molecule has 7 nitrogen and oxygen atoms in total. The summed E-state index contributed by atoms with van der Waals surface area (Å²) in [5.41, 5.74) is 3.35. The quantitative estimate of drug-likeness (QED) is 0.317. The second kappa shape index (κ2) is 10.3. The molecular formula is C27H23N3O4. The van der Waals surface area contributed by atoms with Crippen molar-refractivity contribution >= 4 is 23.5 Å². The van der Waals surface area contributed by atoms with Crippen LogP contribution in [0, 0.1) is 0 Å². The van der Waals surface area contributed by atoms with Gasteiger partial charge in [-0.15, -0.1) is 0 Å². The van der Waals surface area contributed by atoms with E-state index in [0.29, 0.717) is 22.6 Å². The fourth-order valence-electron chi connectivity index (χ4n) is 3.41. The maximum Gasteiger partial charge on any atom is 0.308 e. The van der Waals surface area contributed by atoms with Crippen LogP contribution in [0.3, 0.4) is 0 Å². The van der Waals surface area contributed by atoms with Gasteiger partial charge in [-0.05, 0) is 72.3 Å². The van der Waals surface area contributed by atoms with Gasteiger partial charge in [0.2, 0.25) is 0 Å². The van der Waals surface area contributed by atoms with Gasteiger partial charge in [0, 0.05) is 48.4 Å². The Morgan fingerprint density at radius 2 is 1.53 bits per heavy atom. The Bertz CT molecular complexity index is 1310. The molecule has 0 radical (unpaired) electrons. The molecular weight excluding hydrogens is 430 g/mol. The van der Waals surface area contributed by atoms with Gasteiger partial charge in [-0.1, -0.05) is 18.2 Å². The van der Waals surface area contributed by atoms with Crippen molar-refractivity contribution in [3.05, 3.63) is 114 Å². The van der Waals surface area contributed by atoms with Crippen molar-refractivity contribution in [3.8, 4) is 11.4 Å². The molecule has 0 saturated carbocycles. The van der Waals surface area contributed by atoms with E-state index < -0.39 is 5.97 Å². The third kappa shape index (κ3) is 5.77. The van der Waals surface area contributed by atoms with Crippen molar-refractivity contribution in [2.24, 2.45) is 0 Å². The topological polar surface area (TPSA) is 89.4 Å². The first kappa shape index (κ1) is 22.5. The van der Waals surface area contributed by atoms with Gasteiger partial charge in [-0.25, -0.2) is 0 Å². The minimum Gasteiger partial charge on any atom is -0.427 e. The molecule has 4 rings (SSSR count). The molecule has 4 aromatic rings. The van der Waals surface area contributed by atoms with E-state index in [1.807, 2.05) is 59.4 Å². The normalized spacial score (nSPS) is 10.4. The Labute approximate surface area is 197 Å². The van der Waals surface area contributed by atoms with E-state index in [9.17, 15) is 14.4 Å². The minimum absolute atomic E-state index is 0.220. The molecule has 2 N–H and O–H groups in total. The molecule has 3 aromatic carbocycles. The molecule has 0 atom stereocenters. The number of nitrogens with one attached hydrogen (secondary N) is 2. The van der Waals surface area contributed by atoms with Crippen LogP contribution < -0.4 is 15.4 Å². The Kier molecular flexibility index (Phi) is 6.84. The monoisotopic (exact) mass is 453 g/mol. The van der Waals surface area contributed by atoms with Crippen molar-refractivity contribution in [2.75, 3.05) is 5.32 Å². The van der Waals surface area contributed by atoms with E-state index >= 15 is 0 Å². The van der Waals surface area contributed by atoms with Gasteiger partial charge < -0.3 is 19.9 Å². The third-order valence-electron chi connectivity index (χ3n) is 5.03. The van der Waals surface area contributed by atoms with E-state index in [0.717, 1.165) is 11.3 Å². The highest BCUT2D eigenvalue weighted by molar-refractivity contribution is 6.04. The summed E-state index contributed by atoms with van der Waals surface area (Å²) in [5.74, 6) is -0.659. The van der Waals surface area contributed by atoms with Gasteiger partial charge in [-0.3, -0.25) is 14.4 Å². The fourth-order valence-corrected chi connectivity index (χ4v) is 3.41. The molecule has 0 aliphatic carbocycles. The molecule has 0 aliphatic rings. The first-order chi connectivity index (χ1) is 16.5. The summed E-state index contributed by atoms with van der Waals surface area (Å²) in [4.78, 5) is 36.3. The highest BCUT2D eigenvalue weighted by Crippen LogP contribution is 2.16. The van der Waals surface area contributed by atoms with Crippen LogP contribution in [0.4, 0.5) is 5.69 Å². The van der Waals surface area contributed by atoms with Crippen LogP contribution in [0.2, 0.25) is 0 Å². The average Bonchev–Trinajstić information content (AvgIpc) is 3.38. The molecule has 1 aromatic heterocycles. The Balaban J connectivity index is 1.36. The zero-order chi connectivity index (χ0) is 23.9. The van der Waals surface area contributed by atoms with E-state index in [4.69, 9.17) is 4.74 Å². The number of hydrogen-bond donors (Lipinski definition) is 2. The lowest BCUT2D eigenvalue weighted by molar-refractivity contribution is -0.131. The molecule has 0 unspecified atom stereocenters. The minimum atomic E-state index is -0.451. The maximum absolute atomic E-state index is 12.7. The SMILES string of the molecule is CC(=O)Oc1cccc(C(=O)NCc2cccc(NC(=O)c3ccc(-n4cccc4)cc3)c2)c1. The predicted molar refractivity (Wildman–Crippen MR) is 129 cm³/mol. The zero-order valence-electron chi connectivity index (χ0n) is 18.5. The van der Waals surface area contributed by atoms with Gasteiger partial charge in [0.05, 0.1) is 0 Å². The highest BCUT2D eigenvalue weighted by atomic mass is 16.5. The summed E-state index contributed by atoms with van der Waals surface area (Å²) in [6, 6.07) is 24.9. The Morgan fingerprint density at radius 1 is 0.794 bits per heavy atom. The number of aromatic nitrogens is 1. The predicted octanol–water partition coefficient (Wildman–Crippen LogP) is 4.58. The van der Waals surface area contributed by atoms with Crippen LogP contribution in [-0.2, 0) is 11.3 Å². The number of carbonyl (C=O) groups excluding carboxylic acids is 3. The first-order valence-corrected chi connectivity index (χ1v) is 10.7. The molecule has 170 valence electrons. The first-order valence-electron chi connectivity index (χ1n) is 10.7. The van der Waals surface area contributed by atoms with Gasteiger partial charge >= 0.3 is 5.97 Å². The van der Waals surface area contributed by atoms with Crippen molar-refractivity contribution in [3.63, 3.8) is 0 Å². The number of carbonyl (C=O) groups is 3. The Morgan fingerprint density at radius 3 is 2.26 bits per heavy atom. The third-order valence-corrected chi connectivity index (χ3v) is 5.03. The number of amides is 2. The number of anilines is 1. The van der Waals surface area contributed by atoms with Crippen LogP contribution in [0.15, 0.2) is 97.3 Å². The molecule has 0 spiro atoms. The molecule has 0 saturated heterocycles. The summed E-state index contributed by atoms with van der Waals surface area (Å²) in [7, 11) is 0. The van der Waals surface area contributed by atoms with Gasteiger partial charge in [0.15, 0.2) is 0 Å². The van der Waals surface area contributed by atoms with Crippen LogP contribution in [0.5, 0.6) is 5.75 Å². The summed E-state index contributed by atoms with van der Waals surface area (Å²) >= 11 is 0. The largest absolute Gasteiger partial charge is 0.427 e. The summed E-state index contributed by atoms with van der Waals surface area (Å²) < 4.78 is 6.99. The van der Waals surface area contributed by atoms with Crippen molar-refractivity contribution in [1.82, 2.24) is 9.88 Å². The van der Waals surface area contributed by atoms with Crippen LogP contribution in [0.1, 0.15) is 33.2 Å². The smallest absolute Gasteiger partial charge is 0.308 e.